The van der Waals surface area contributed by atoms with Crippen molar-refractivity contribution in [1.82, 2.24) is 14.9 Å². The SMILES string of the molecule is C=CC(=O)N1CCC(Nc2ccnc3[nH]cc(C(O)C4CC4)c23)CC1. The number of hydrogen-bond donors (Lipinski definition) is 3. The normalized spacial score (nSPS) is 19.8. The summed E-state index contributed by atoms with van der Waals surface area (Å²) in [5.41, 5.74) is 2.75. The summed E-state index contributed by atoms with van der Waals surface area (Å²) in [5.74, 6) is 0.380. The number of hydrogen-bond acceptors (Lipinski definition) is 4. The van der Waals surface area contributed by atoms with Crippen molar-refractivity contribution < 1.29 is 9.90 Å². The lowest BCUT2D eigenvalue weighted by Gasteiger charge is -2.32. The van der Waals surface area contributed by atoms with Gasteiger partial charge in [-0.2, -0.15) is 0 Å². The quantitative estimate of drug-likeness (QED) is 0.731. The van der Waals surface area contributed by atoms with Crippen molar-refractivity contribution >= 4 is 22.6 Å². The average molecular weight is 340 g/mol. The third-order valence-electron chi connectivity index (χ3n) is 5.33. The van der Waals surface area contributed by atoms with Crippen LogP contribution in [0.1, 0.15) is 37.4 Å². The molecule has 3 N–H and O–H groups in total. The third kappa shape index (κ3) is 3.14. The van der Waals surface area contributed by atoms with Crippen LogP contribution in [0.3, 0.4) is 0 Å². The number of anilines is 1. The maximum absolute atomic E-state index is 11.7. The van der Waals surface area contributed by atoms with Gasteiger partial charge in [0.05, 0.1) is 6.10 Å². The first-order chi connectivity index (χ1) is 12.2. The third-order valence-corrected chi connectivity index (χ3v) is 5.33. The number of nitrogens with zero attached hydrogens (tertiary/aromatic N) is 2. The molecule has 2 aromatic heterocycles. The number of likely N-dealkylation sites (tertiary alicyclic amines) is 1. The van der Waals surface area contributed by atoms with E-state index in [9.17, 15) is 9.90 Å². The summed E-state index contributed by atoms with van der Waals surface area (Å²) in [6, 6.07) is 2.28. The number of aliphatic hydroxyl groups is 1. The molecule has 1 saturated carbocycles. The standard InChI is InChI=1S/C19H24N4O2/c1-2-16(24)23-9-6-13(7-10-23)22-15-5-8-20-19-17(15)14(11-21-19)18(25)12-3-4-12/h2,5,8,11-13,18,25H,1,3-4,6-7,9-10H2,(H2,20,21,22). The predicted molar refractivity (Wildman–Crippen MR) is 97.2 cm³/mol. The Bertz CT molecular complexity index is 788. The number of piperidine rings is 1. The van der Waals surface area contributed by atoms with E-state index in [4.69, 9.17) is 0 Å². The van der Waals surface area contributed by atoms with Crippen LogP contribution in [0.4, 0.5) is 5.69 Å². The first kappa shape index (κ1) is 16.1. The monoisotopic (exact) mass is 340 g/mol. The maximum Gasteiger partial charge on any atom is 0.245 e. The minimum atomic E-state index is -0.425. The van der Waals surface area contributed by atoms with E-state index in [0.29, 0.717) is 12.0 Å². The van der Waals surface area contributed by atoms with Crippen molar-refractivity contribution in [1.29, 1.82) is 0 Å². The zero-order valence-corrected chi connectivity index (χ0v) is 14.2. The van der Waals surface area contributed by atoms with Gasteiger partial charge in [-0.1, -0.05) is 6.58 Å². The number of carbonyl (C=O) groups excluding carboxylic acids is 1. The van der Waals surface area contributed by atoms with Crippen molar-refractivity contribution in [3.05, 3.63) is 36.7 Å². The molecule has 1 atom stereocenters. The van der Waals surface area contributed by atoms with Gasteiger partial charge in [-0.15, -0.1) is 0 Å². The second-order valence-corrected chi connectivity index (χ2v) is 7.06. The van der Waals surface area contributed by atoms with E-state index in [0.717, 1.165) is 61.1 Å². The fourth-order valence-corrected chi connectivity index (χ4v) is 3.69. The Morgan fingerprint density at radius 2 is 2.16 bits per heavy atom. The molecule has 25 heavy (non-hydrogen) atoms. The molecule has 1 amide bonds. The maximum atomic E-state index is 11.7. The van der Waals surface area contributed by atoms with Gasteiger partial charge < -0.3 is 20.3 Å². The van der Waals surface area contributed by atoms with Crippen molar-refractivity contribution in [3.63, 3.8) is 0 Å². The molecule has 0 bridgehead atoms. The van der Waals surface area contributed by atoms with Gasteiger partial charge in [-0.3, -0.25) is 4.79 Å². The topological polar surface area (TPSA) is 81.2 Å². The van der Waals surface area contributed by atoms with Crippen LogP contribution in [-0.4, -0.2) is 45.0 Å². The van der Waals surface area contributed by atoms with E-state index in [1.165, 1.54) is 6.08 Å². The fraction of sp³-hybridized carbons (Fsp3) is 0.474. The highest BCUT2D eigenvalue weighted by molar-refractivity contribution is 5.93. The number of amides is 1. The van der Waals surface area contributed by atoms with Gasteiger partial charge in [-0.05, 0) is 43.7 Å². The highest BCUT2D eigenvalue weighted by atomic mass is 16.3. The number of pyridine rings is 1. The Hall–Kier alpha value is -2.34. The Labute approximate surface area is 146 Å². The van der Waals surface area contributed by atoms with Crippen molar-refractivity contribution in [2.75, 3.05) is 18.4 Å². The van der Waals surface area contributed by atoms with Gasteiger partial charge in [0.1, 0.15) is 5.65 Å². The summed E-state index contributed by atoms with van der Waals surface area (Å²) in [5, 5.41) is 15.2. The second-order valence-electron chi connectivity index (χ2n) is 7.06. The number of H-pyrrole nitrogens is 1. The Kier molecular flexibility index (Phi) is 4.21. The number of rotatable bonds is 5. The van der Waals surface area contributed by atoms with Crippen LogP contribution >= 0.6 is 0 Å². The number of carbonyl (C=O) groups is 1. The molecule has 6 nitrogen and oxygen atoms in total. The molecule has 6 heteroatoms. The van der Waals surface area contributed by atoms with Gasteiger partial charge in [-0.25, -0.2) is 4.98 Å². The minimum Gasteiger partial charge on any atom is -0.388 e. The van der Waals surface area contributed by atoms with Crippen LogP contribution in [-0.2, 0) is 4.79 Å². The molecule has 1 aliphatic heterocycles. The van der Waals surface area contributed by atoms with Crippen molar-refractivity contribution in [2.45, 2.75) is 37.8 Å². The molecule has 0 radical (unpaired) electrons. The Morgan fingerprint density at radius 1 is 1.40 bits per heavy atom. The van der Waals surface area contributed by atoms with Crippen molar-refractivity contribution in [2.24, 2.45) is 5.92 Å². The smallest absolute Gasteiger partial charge is 0.245 e. The average Bonchev–Trinajstić information content (AvgIpc) is 3.40. The lowest BCUT2D eigenvalue weighted by atomic mass is 10.0. The first-order valence-electron chi connectivity index (χ1n) is 8.99. The summed E-state index contributed by atoms with van der Waals surface area (Å²) in [6.45, 7) is 5.03. The van der Waals surface area contributed by atoms with Crippen LogP contribution in [0.5, 0.6) is 0 Å². The molecular formula is C19H24N4O2. The van der Waals surface area contributed by atoms with E-state index >= 15 is 0 Å². The molecule has 0 aromatic carbocycles. The highest BCUT2D eigenvalue weighted by Crippen LogP contribution is 2.43. The number of aromatic amines is 1. The van der Waals surface area contributed by atoms with E-state index in [-0.39, 0.29) is 5.91 Å². The highest BCUT2D eigenvalue weighted by Gasteiger charge is 2.33. The largest absolute Gasteiger partial charge is 0.388 e. The molecule has 1 saturated heterocycles. The molecule has 3 heterocycles. The molecular weight excluding hydrogens is 316 g/mol. The van der Waals surface area contributed by atoms with E-state index in [1.54, 1.807) is 6.20 Å². The van der Waals surface area contributed by atoms with Crippen molar-refractivity contribution in [3.8, 4) is 0 Å². The fourth-order valence-electron chi connectivity index (χ4n) is 3.69. The molecule has 1 aliphatic carbocycles. The van der Waals surface area contributed by atoms with Crippen LogP contribution < -0.4 is 5.32 Å². The van der Waals surface area contributed by atoms with Crippen LogP contribution in [0.25, 0.3) is 11.0 Å². The summed E-state index contributed by atoms with van der Waals surface area (Å²) in [4.78, 5) is 21.1. The minimum absolute atomic E-state index is 0.00484. The van der Waals surface area contributed by atoms with E-state index in [2.05, 4.69) is 21.9 Å². The molecule has 4 rings (SSSR count). The molecule has 0 spiro atoms. The van der Waals surface area contributed by atoms with Crippen LogP contribution in [0.15, 0.2) is 31.1 Å². The Morgan fingerprint density at radius 3 is 2.84 bits per heavy atom. The van der Waals surface area contributed by atoms with Gasteiger partial charge in [0.2, 0.25) is 5.91 Å². The summed E-state index contributed by atoms with van der Waals surface area (Å²) >= 11 is 0. The number of fused-ring (bicyclic) bond motifs is 1. The second kappa shape index (κ2) is 6.52. The summed E-state index contributed by atoms with van der Waals surface area (Å²) < 4.78 is 0. The summed E-state index contributed by atoms with van der Waals surface area (Å²) in [6.07, 6.45) is 8.60. The summed E-state index contributed by atoms with van der Waals surface area (Å²) in [7, 11) is 0. The van der Waals surface area contributed by atoms with Gasteiger partial charge in [0, 0.05) is 48.2 Å². The number of aromatic nitrogens is 2. The predicted octanol–water partition coefficient (Wildman–Crippen LogP) is 2.60. The van der Waals surface area contributed by atoms with E-state index in [1.807, 2.05) is 17.2 Å². The zero-order valence-electron chi connectivity index (χ0n) is 14.2. The van der Waals surface area contributed by atoms with Gasteiger partial charge >= 0.3 is 0 Å². The van der Waals surface area contributed by atoms with Crippen LogP contribution in [0, 0.1) is 5.92 Å². The number of nitrogens with one attached hydrogen (secondary N) is 2. The molecule has 2 aromatic rings. The van der Waals surface area contributed by atoms with Gasteiger partial charge in [0.25, 0.3) is 0 Å². The molecule has 1 unspecified atom stereocenters. The number of aliphatic hydroxyl groups excluding tert-OH is 1. The molecule has 132 valence electrons. The zero-order chi connectivity index (χ0) is 17.4. The van der Waals surface area contributed by atoms with Crippen LogP contribution in [0.2, 0.25) is 0 Å². The van der Waals surface area contributed by atoms with E-state index < -0.39 is 6.10 Å². The first-order valence-corrected chi connectivity index (χ1v) is 8.99. The molecule has 2 fully saturated rings. The molecule has 2 aliphatic rings. The lowest BCUT2D eigenvalue weighted by Crippen LogP contribution is -2.41. The lowest BCUT2D eigenvalue weighted by molar-refractivity contribution is -0.126. The van der Waals surface area contributed by atoms with Gasteiger partial charge in [0.15, 0.2) is 0 Å². The Balaban J connectivity index is 1.53.